The summed E-state index contributed by atoms with van der Waals surface area (Å²) in [5.41, 5.74) is 0. The summed E-state index contributed by atoms with van der Waals surface area (Å²) < 4.78 is 1.71. The van der Waals surface area contributed by atoms with E-state index in [9.17, 15) is 9.59 Å². The first-order valence-corrected chi connectivity index (χ1v) is 7.19. The van der Waals surface area contributed by atoms with Gasteiger partial charge in [0.2, 0.25) is 5.91 Å². The molecule has 2 rings (SSSR count). The lowest BCUT2D eigenvalue weighted by molar-refractivity contribution is -0.131. The van der Waals surface area contributed by atoms with Crippen LogP contribution in [-0.4, -0.2) is 26.8 Å². The molecule has 0 bridgehead atoms. The first-order chi connectivity index (χ1) is 10.1. The predicted octanol–water partition coefficient (Wildman–Crippen LogP) is 1.75. The van der Waals surface area contributed by atoms with Crippen LogP contribution in [0.2, 0.25) is 0 Å². The normalized spacial score (nSPS) is 10.9. The highest BCUT2D eigenvalue weighted by Gasteiger charge is 2.04. The molecule has 0 atom stereocenters. The van der Waals surface area contributed by atoms with E-state index in [2.05, 4.69) is 10.4 Å². The number of carboxylic acid groups (broad SMARTS) is 1. The molecule has 0 saturated heterocycles. The largest absolute Gasteiger partial charge is 0.478 e. The van der Waals surface area contributed by atoms with Crippen LogP contribution in [0.25, 0.3) is 6.08 Å². The van der Waals surface area contributed by atoms with Crippen molar-refractivity contribution in [2.24, 2.45) is 0 Å². The number of aliphatic carboxylic acids is 1. The second kappa shape index (κ2) is 7.39. The molecule has 2 N–H and O–H groups in total. The smallest absolute Gasteiger partial charge is 0.328 e. The van der Waals surface area contributed by atoms with Crippen LogP contribution in [0.3, 0.4) is 0 Å². The van der Waals surface area contributed by atoms with Crippen LogP contribution in [0.4, 0.5) is 0 Å². The second-order valence-electron chi connectivity index (χ2n) is 4.27. The molecule has 0 aliphatic heterocycles. The lowest BCUT2D eigenvalue weighted by atomic mass is 10.3. The first kappa shape index (κ1) is 15.0. The van der Waals surface area contributed by atoms with E-state index in [-0.39, 0.29) is 5.91 Å². The molecule has 7 heteroatoms. The molecular formula is C14H15N3O3S. The number of aromatic nitrogens is 2. The molecule has 0 aliphatic rings. The summed E-state index contributed by atoms with van der Waals surface area (Å²) in [6, 6.07) is 5.52. The van der Waals surface area contributed by atoms with Crippen LogP contribution in [0, 0.1) is 0 Å². The molecule has 0 unspecified atom stereocenters. The summed E-state index contributed by atoms with van der Waals surface area (Å²) in [7, 11) is 0. The van der Waals surface area contributed by atoms with Crippen LogP contribution in [0.5, 0.6) is 0 Å². The number of carbonyl (C=O) groups excluding carboxylic acids is 1. The molecule has 2 aromatic heterocycles. The van der Waals surface area contributed by atoms with Crippen molar-refractivity contribution in [3.05, 3.63) is 46.4 Å². The predicted molar refractivity (Wildman–Crippen MR) is 79.7 cm³/mol. The second-order valence-corrected chi connectivity index (χ2v) is 5.47. The lowest BCUT2D eigenvalue weighted by Gasteiger charge is -2.03. The van der Waals surface area contributed by atoms with E-state index in [0.29, 0.717) is 19.5 Å². The quantitative estimate of drug-likeness (QED) is 0.763. The van der Waals surface area contributed by atoms with Gasteiger partial charge in [-0.25, -0.2) is 4.79 Å². The molecule has 6 nitrogen and oxygen atoms in total. The van der Waals surface area contributed by atoms with Crippen molar-refractivity contribution in [2.75, 3.05) is 0 Å². The van der Waals surface area contributed by atoms with Crippen LogP contribution in [0.15, 0.2) is 36.7 Å². The number of hydrogen-bond donors (Lipinski definition) is 2. The Morgan fingerprint density at radius 3 is 3.00 bits per heavy atom. The average Bonchev–Trinajstić information content (AvgIpc) is 3.12. The number of thiophene rings is 1. The Hall–Kier alpha value is -2.41. The summed E-state index contributed by atoms with van der Waals surface area (Å²) in [5, 5.41) is 15.4. The molecule has 0 spiro atoms. The molecule has 1 amide bonds. The molecule has 0 fully saturated rings. The van der Waals surface area contributed by atoms with Gasteiger partial charge >= 0.3 is 5.97 Å². The Balaban J connectivity index is 1.75. The molecule has 0 saturated carbocycles. The van der Waals surface area contributed by atoms with Gasteiger partial charge in [-0.2, -0.15) is 5.10 Å². The molecule has 21 heavy (non-hydrogen) atoms. The van der Waals surface area contributed by atoms with Crippen molar-refractivity contribution >= 4 is 29.3 Å². The Morgan fingerprint density at radius 2 is 2.29 bits per heavy atom. The Morgan fingerprint density at radius 1 is 1.43 bits per heavy atom. The third-order valence-electron chi connectivity index (χ3n) is 2.66. The number of carbonyl (C=O) groups is 2. The van der Waals surface area contributed by atoms with Gasteiger partial charge in [0.15, 0.2) is 0 Å². The Kier molecular flexibility index (Phi) is 5.28. The number of rotatable bonds is 7. The van der Waals surface area contributed by atoms with Gasteiger partial charge in [0, 0.05) is 41.2 Å². The van der Waals surface area contributed by atoms with Gasteiger partial charge in [0.1, 0.15) is 0 Å². The zero-order valence-corrected chi connectivity index (χ0v) is 12.0. The summed E-state index contributed by atoms with van der Waals surface area (Å²) in [5.74, 6) is -1.02. The summed E-state index contributed by atoms with van der Waals surface area (Å²) in [6.07, 6.45) is 6.50. The van der Waals surface area contributed by atoms with Gasteiger partial charge in [0.05, 0.1) is 6.54 Å². The number of carboxylic acids is 1. The van der Waals surface area contributed by atoms with E-state index in [1.54, 1.807) is 10.9 Å². The molecule has 0 aromatic carbocycles. The van der Waals surface area contributed by atoms with Gasteiger partial charge < -0.3 is 10.4 Å². The van der Waals surface area contributed by atoms with Crippen molar-refractivity contribution < 1.29 is 14.7 Å². The lowest BCUT2D eigenvalue weighted by Crippen LogP contribution is -2.23. The minimum atomic E-state index is -0.975. The van der Waals surface area contributed by atoms with Crippen molar-refractivity contribution in [3.63, 3.8) is 0 Å². The van der Waals surface area contributed by atoms with Gasteiger partial charge in [-0.1, -0.05) is 0 Å². The summed E-state index contributed by atoms with van der Waals surface area (Å²) in [6.45, 7) is 0.999. The maximum absolute atomic E-state index is 11.7. The van der Waals surface area contributed by atoms with Crippen molar-refractivity contribution in [1.82, 2.24) is 15.1 Å². The van der Waals surface area contributed by atoms with Crippen molar-refractivity contribution in [1.29, 1.82) is 0 Å². The fraction of sp³-hybridized carbons (Fsp3) is 0.214. The van der Waals surface area contributed by atoms with E-state index in [0.717, 1.165) is 15.8 Å². The number of amides is 1. The van der Waals surface area contributed by atoms with Crippen LogP contribution >= 0.6 is 11.3 Å². The molecule has 2 heterocycles. The van der Waals surface area contributed by atoms with E-state index >= 15 is 0 Å². The maximum atomic E-state index is 11.7. The zero-order chi connectivity index (χ0) is 15.1. The Bertz CT molecular complexity index is 632. The average molecular weight is 305 g/mol. The SMILES string of the molecule is O=C(O)C=Cc1ccc(CNC(=O)CCn2cccn2)s1. The monoisotopic (exact) mass is 305 g/mol. The molecule has 110 valence electrons. The highest BCUT2D eigenvalue weighted by Crippen LogP contribution is 2.17. The number of nitrogens with zero attached hydrogens (tertiary/aromatic N) is 2. The van der Waals surface area contributed by atoms with E-state index < -0.39 is 5.97 Å². The van der Waals surface area contributed by atoms with Crippen molar-refractivity contribution in [2.45, 2.75) is 19.5 Å². The van der Waals surface area contributed by atoms with Crippen LogP contribution in [0.1, 0.15) is 16.2 Å². The van der Waals surface area contributed by atoms with Gasteiger partial charge in [-0.05, 0) is 24.3 Å². The van der Waals surface area contributed by atoms with Crippen LogP contribution in [-0.2, 0) is 22.7 Å². The fourth-order valence-corrected chi connectivity index (χ4v) is 2.51. The third-order valence-corrected chi connectivity index (χ3v) is 3.71. The van der Waals surface area contributed by atoms with E-state index in [4.69, 9.17) is 5.11 Å². The summed E-state index contributed by atoms with van der Waals surface area (Å²) >= 11 is 1.45. The number of aryl methyl sites for hydroxylation is 1. The Labute approximate surface area is 125 Å². The molecular weight excluding hydrogens is 290 g/mol. The minimum Gasteiger partial charge on any atom is -0.478 e. The van der Waals surface area contributed by atoms with E-state index in [1.165, 1.54) is 17.4 Å². The maximum Gasteiger partial charge on any atom is 0.328 e. The van der Waals surface area contributed by atoms with Gasteiger partial charge in [0.25, 0.3) is 0 Å². The fourth-order valence-electron chi connectivity index (χ4n) is 1.66. The molecule has 2 aromatic rings. The van der Waals surface area contributed by atoms with E-state index in [1.807, 2.05) is 24.4 Å². The highest BCUT2D eigenvalue weighted by atomic mass is 32.1. The first-order valence-electron chi connectivity index (χ1n) is 6.37. The number of nitrogens with one attached hydrogen (secondary N) is 1. The van der Waals surface area contributed by atoms with Gasteiger partial charge in [-0.3, -0.25) is 9.48 Å². The highest BCUT2D eigenvalue weighted by molar-refractivity contribution is 7.12. The van der Waals surface area contributed by atoms with Crippen molar-refractivity contribution in [3.8, 4) is 0 Å². The molecule has 0 aliphatic carbocycles. The van der Waals surface area contributed by atoms with Crippen LogP contribution < -0.4 is 5.32 Å². The third kappa shape index (κ3) is 5.23. The van der Waals surface area contributed by atoms with Gasteiger partial charge in [-0.15, -0.1) is 11.3 Å². The molecule has 0 radical (unpaired) electrons. The number of hydrogen-bond acceptors (Lipinski definition) is 4. The topological polar surface area (TPSA) is 84.2 Å². The minimum absolute atomic E-state index is 0.0403. The standard InChI is InChI=1S/C14H15N3O3S/c18-13(6-9-17-8-1-7-16-17)15-10-12-3-2-11(21-12)4-5-14(19)20/h1-5,7-8H,6,9-10H2,(H,15,18)(H,19,20). The zero-order valence-electron chi connectivity index (χ0n) is 11.2. The summed E-state index contributed by atoms with van der Waals surface area (Å²) in [4.78, 5) is 23.9.